The highest BCUT2D eigenvalue weighted by Gasteiger charge is 2.27. The Hall–Kier alpha value is -3.80. The van der Waals surface area contributed by atoms with Gasteiger partial charge in [-0.25, -0.2) is 9.59 Å². The van der Waals surface area contributed by atoms with E-state index < -0.39 is 11.3 Å². The third-order valence-corrected chi connectivity index (χ3v) is 6.20. The van der Waals surface area contributed by atoms with Gasteiger partial charge in [-0.2, -0.15) is 0 Å². The Labute approximate surface area is 189 Å². The second-order valence-electron chi connectivity index (χ2n) is 9.00. The minimum absolute atomic E-state index is 0.0900. The predicted molar refractivity (Wildman–Crippen MR) is 128 cm³/mol. The quantitative estimate of drug-likeness (QED) is 0.316. The van der Waals surface area contributed by atoms with Crippen molar-refractivity contribution in [3.8, 4) is 16.9 Å². The van der Waals surface area contributed by atoms with E-state index in [-0.39, 0.29) is 34.1 Å². The van der Waals surface area contributed by atoms with Crippen molar-refractivity contribution in [2.24, 2.45) is 0 Å². The minimum Gasteiger partial charge on any atom is -0.506 e. The molecule has 0 unspecified atom stereocenters. The molecule has 33 heavy (non-hydrogen) atoms. The Kier molecular flexibility index (Phi) is 4.71. The lowest BCUT2D eigenvalue weighted by Gasteiger charge is -2.11. The van der Waals surface area contributed by atoms with E-state index in [2.05, 4.69) is 0 Å². The second-order valence-corrected chi connectivity index (χ2v) is 9.00. The number of para-hydroxylation sites is 2. The number of fused-ring (bicyclic) bond motifs is 4. The fraction of sp³-hybridized carbons (Fsp3) is 0.259. The van der Waals surface area contributed by atoms with E-state index in [9.17, 15) is 14.7 Å². The highest BCUT2D eigenvalue weighted by atomic mass is 16.4. The molecule has 0 atom stereocenters. The topological polar surface area (TPSA) is 93.8 Å². The Balaban J connectivity index is 1.92. The molecule has 2 aromatic carbocycles. The largest absolute Gasteiger partial charge is 0.506 e. The molecule has 0 amide bonds. The number of furan rings is 1. The number of hydrogen-bond donors (Lipinski definition) is 1. The van der Waals surface area contributed by atoms with E-state index in [0.717, 1.165) is 11.1 Å². The van der Waals surface area contributed by atoms with Crippen molar-refractivity contribution in [3.63, 3.8) is 0 Å². The molecule has 0 aliphatic rings. The molecule has 168 valence electrons. The fourth-order valence-electron chi connectivity index (χ4n) is 4.58. The number of rotatable bonds is 3. The zero-order valence-electron chi connectivity index (χ0n) is 19.1. The molecular weight excluding hydrogens is 420 g/mol. The van der Waals surface area contributed by atoms with Crippen LogP contribution < -0.4 is 11.3 Å². The van der Waals surface area contributed by atoms with Gasteiger partial charge in [-0.15, -0.1) is 0 Å². The van der Waals surface area contributed by atoms with Crippen molar-refractivity contribution >= 4 is 32.9 Å². The maximum absolute atomic E-state index is 13.2. The maximum atomic E-state index is 13.2. The van der Waals surface area contributed by atoms with Crippen LogP contribution in [0.4, 0.5) is 0 Å². The van der Waals surface area contributed by atoms with Gasteiger partial charge in [0.15, 0.2) is 5.58 Å². The predicted octanol–water partition coefficient (Wildman–Crippen LogP) is 6.57. The molecule has 5 aromatic rings. The summed E-state index contributed by atoms with van der Waals surface area (Å²) < 4.78 is 17.4. The number of hydrogen-bond acceptors (Lipinski definition) is 6. The summed E-state index contributed by atoms with van der Waals surface area (Å²) >= 11 is 0. The Morgan fingerprint density at radius 3 is 1.85 bits per heavy atom. The van der Waals surface area contributed by atoms with Crippen LogP contribution in [-0.4, -0.2) is 5.11 Å². The van der Waals surface area contributed by atoms with Gasteiger partial charge in [0.1, 0.15) is 33.6 Å². The van der Waals surface area contributed by atoms with Crippen LogP contribution in [0.25, 0.3) is 44.0 Å². The molecule has 0 aliphatic heterocycles. The first-order chi connectivity index (χ1) is 15.7. The number of benzene rings is 2. The van der Waals surface area contributed by atoms with Crippen molar-refractivity contribution in [2.45, 2.75) is 46.5 Å². The maximum Gasteiger partial charge on any atom is 0.348 e. The molecule has 0 spiro atoms. The molecule has 0 saturated carbocycles. The summed E-state index contributed by atoms with van der Waals surface area (Å²) in [5.74, 6) is 0.301. The van der Waals surface area contributed by atoms with Gasteiger partial charge in [0, 0.05) is 5.56 Å². The van der Waals surface area contributed by atoms with Crippen LogP contribution in [0, 0.1) is 6.92 Å². The van der Waals surface area contributed by atoms with Crippen LogP contribution in [0.15, 0.2) is 59.2 Å². The third kappa shape index (κ3) is 3.01. The molecule has 0 fully saturated rings. The van der Waals surface area contributed by atoms with Gasteiger partial charge in [0.2, 0.25) is 0 Å². The zero-order valence-corrected chi connectivity index (χ0v) is 19.1. The van der Waals surface area contributed by atoms with Gasteiger partial charge in [-0.1, -0.05) is 52.0 Å². The van der Waals surface area contributed by atoms with Crippen LogP contribution in [-0.2, 0) is 0 Å². The van der Waals surface area contributed by atoms with Gasteiger partial charge in [0.05, 0.1) is 10.8 Å². The molecule has 0 saturated heterocycles. The summed E-state index contributed by atoms with van der Waals surface area (Å²) in [5, 5.41) is 12.3. The first-order valence-corrected chi connectivity index (χ1v) is 11.0. The normalized spacial score (nSPS) is 12.1. The average molecular weight is 444 g/mol. The first-order valence-electron chi connectivity index (χ1n) is 11.0. The van der Waals surface area contributed by atoms with E-state index in [4.69, 9.17) is 13.3 Å². The van der Waals surface area contributed by atoms with Gasteiger partial charge >= 0.3 is 11.3 Å². The van der Waals surface area contributed by atoms with Gasteiger partial charge in [0.25, 0.3) is 0 Å². The molecule has 5 rings (SSSR count). The minimum atomic E-state index is -0.741. The Morgan fingerprint density at radius 1 is 0.697 bits per heavy atom. The zero-order chi connectivity index (χ0) is 23.6. The molecule has 3 aromatic heterocycles. The van der Waals surface area contributed by atoms with Crippen LogP contribution in [0.2, 0.25) is 0 Å². The Bertz CT molecular complexity index is 1680. The van der Waals surface area contributed by atoms with E-state index in [1.807, 2.05) is 52.0 Å². The van der Waals surface area contributed by atoms with Crippen molar-refractivity contribution in [2.75, 3.05) is 0 Å². The lowest BCUT2D eigenvalue weighted by molar-refractivity contribution is 0.470. The summed E-state index contributed by atoms with van der Waals surface area (Å²) in [4.78, 5) is 26.3. The molecule has 0 radical (unpaired) electrons. The van der Waals surface area contributed by atoms with Crippen molar-refractivity contribution in [1.82, 2.24) is 0 Å². The SMILES string of the molecule is Cc1oc2c(c1-c1c(O)c3cccc(C(C)C)c3oc1=O)c(=O)oc1c(C(C)C)cccc12. The molecule has 3 heterocycles. The first kappa shape index (κ1) is 21.1. The van der Waals surface area contributed by atoms with Crippen LogP contribution >= 0.6 is 0 Å². The summed E-state index contributed by atoms with van der Waals surface area (Å²) in [6, 6.07) is 11.0. The smallest absolute Gasteiger partial charge is 0.348 e. The second kappa shape index (κ2) is 7.37. The van der Waals surface area contributed by atoms with E-state index in [0.29, 0.717) is 33.3 Å². The molecule has 0 aliphatic carbocycles. The fourth-order valence-corrected chi connectivity index (χ4v) is 4.58. The highest BCUT2D eigenvalue weighted by Crippen LogP contribution is 2.42. The van der Waals surface area contributed by atoms with Gasteiger partial charge in [-0.3, -0.25) is 0 Å². The number of aryl methyl sites for hydroxylation is 1. The van der Waals surface area contributed by atoms with Crippen LogP contribution in [0.1, 0.15) is 56.4 Å². The number of aromatic hydroxyl groups is 1. The van der Waals surface area contributed by atoms with Gasteiger partial charge < -0.3 is 18.4 Å². The van der Waals surface area contributed by atoms with Gasteiger partial charge in [-0.05, 0) is 42.0 Å². The summed E-state index contributed by atoms with van der Waals surface area (Å²) in [6.07, 6.45) is 0. The van der Waals surface area contributed by atoms with E-state index >= 15 is 0 Å². The van der Waals surface area contributed by atoms with Crippen LogP contribution in [0.5, 0.6) is 5.75 Å². The van der Waals surface area contributed by atoms with Crippen molar-refractivity contribution in [1.29, 1.82) is 0 Å². The molecule has 1 N–H and O–H groups in total. The van der Waals surface area contributed by atoms with Crippen LogP contribution in [0.3, 0.4) is 0 Å². The van der Waals surface area contributed by atoms with E-state index in [1.165, 1.54) is 0 Å². The summed E-state index contributed by atoms with van der Waals surface area (Å²) in [6.45, 7) is 9.65. The highest BCUT2D eigenvalue weighted by molar-refractivity contribution is 6.09. The summed E-state index contributed by atoms with van der Waals surface area (Å²) in [5.41, 5.74) is 1.53. The molecule has 0 bridgehead atoms. The van der Waals surface area contributed by atoms with Crippen molar-refractivity contribution < 1.29 is 18.4 Å². The standard InChI is InChI=1S/C27H24O6/c1-12(2)15-8-6-10-17-22(28)20(26(29)32-23(15)17)19-14(5)31-25-18-11-7-9-16(13(3)4)24(18)33-27(30)21(19)25/h6-13,28H,1-5H3. The molecule has 6 heteroatoms. The lowest BCUT2D eigenvalue weighted by Crippen LogP contribution is -2.08. The summed E-state index contributed by atoms with van der Waals surface area (Å²) in [7, 11) is 0. The molecular formula is C27H24O6. The lowest BCUT2D eigenvalue weighted by atomic mass is 9.96. The Morgan fingerprint density at radius 2 is 1.24 bits per heavy atom. The molecule has 6 nitrogen and oxygen atoms in total. The monoisotopic (exact) mass is 444 g/mol. The average Bonchev–Trinajstić information content (AvgIpc) is 3.10. The van der Waals surface area contributed by atoms with E-state index in [1.54, 1.807) is 19.1 Å². The van der Waals surface area contributed by atoms with Crippen molar-refractivity contribution in [3.05, 3.63) is 74.1 Å². The third-order valence-electron chi connectivity index (χ3n) is 6.20.